The molecule has 3 N–H and O–H groups in total. The van der Waals surface area contributed by atoms with E-state index in [4.69, 9.17) is 14.2 Å². The summed E-state index contributed by atoms with van der Waals surface area (Å²) >= 11 is 0. The van der Waals surface area contributed by atoms with E-state index in [0.717, 1.165) is 5.69 Å². The molecule has 3 rings (SSSR count). The zero-order valence-electron chi connectivity index (χ0n) is 18.4. The Bertz CT molecular complexity index is 1330. The highest BCUT2D eigenvalue weighted by atomic mass is 16.5. The minimum atomic E-state index is -0.462. The number of methoxy groups -OCH3 is 3. The van der Waals surface area contributed by atoms with Gasteiger partial charge in [-0.2, -0.15) is 0 Å². The average Bonchev–Trinajstić information content (AvgIpc) is 3.19. The monoisotopic (exact) mass is 426 g/mol. The van der Waals surface area contributed by atoms with Crippen LogP contribution in [-0.2, 0) is 5.41 Å². The van der Waals surface area contributed by atoms with Gasteiger partial charge in [-0.15, -0.1) is 0 Å². The summed E-state index contributed by atoms with van der Waals surface area (Å²) < 4.78 is 16.1. The van der Waals surface area contributed by atoms with E-state index in [1.165, 1.54) is 27.4 Å². The third kappa shape index (κ3) is 4.40. The van der Waals surface area contributed by atoms with E-state index >= 15 is 0 Å². The number of nitrogens with one attached hydrogen (secondary N) is 3. The largest absolute Gasteiger partial charge is 0.493 e. The molecule has 0 aliphatic carbocycles. The summed E-state index contributed by atoms with van der Waals surface area (Å²) in [4.78, 5) is 38.0. The minimum Gasteiger partial charge on any atom is -0.493 e. The molecule has 0 atom stereocenters. The van der Waals surface area contributed by atoms with Gasteiger partial charge in [0.1, 0.15) is 10.7 Å². The van der Waals surface area contributed by atoms with Gasteiger partial charge in [0.05, 0.1) is 33.4 Å². The number of rotatable bonds is 5. The second-order valence-electron chi connectivity index (χ2n) is 7.86. The standard InChI is InChI=1S/C22H26N4O5/c1-22(2,3)19-13(23-11-24-19)10-15-21(28)25-14(20(27)26-15)9-12-7-8-16(29-4)18(31-6)17(12)30-5/h7-11H,1-6H3,(H,23,24)(H,25,28)(H,26,27). The Balaban J connectivity index is 2.17. The van der Waals surface area contributed by atoms with Crippen LogP contribution in [0.1, 0.15) is 37.7 Å². The van der Waals surface area contributed by atoms with Gasteiger partial charge in [-0.1, -0.05) is 20.8 Å². The molecule has 1 aromatic carbocycles. The number of hydrogen-bond donors (Lipinski definition) is 3. The maximum absolute atomic E-state index is 12.7. The SMILES string of the molecule is COc1ccc(C=c2[nH]c(=O)c(=Cc3nc[nH]c3C(C)(C)C)[nH]c2=O)c(OC)c1OC. The zero-order chi connectivity index (χ0) is 22.8. The van der Waals surface area contributed by atoms with Gasteiger partial charge in [0.25, 0.3) is 11.1 Å². The highest BCUT2D eigenvalue weighted by Crippen LogP contribution is 2.39. The van der Waals surface area contributed by atoms with Crippen molar-refractivity contribution in [3.05, 3.63) is 66.8 Å². The van der Waals surface area contributed by atoms with Crippen LogP contribution in [0.4, 0.5) is 0 Å². The predicted molar refractivity (Wildman–Crippen MR) is 117 cm³/mol. The summed E-state index contributed by atoms with van der Waals surface area (Å²) in [5, 5.41) is 0.185. The molecule has 0 bridgehead atoms. The van der Waals surface area contributed by atoms with Gasteiger partial charge in [0.15, 0.2) is 11.5 Å². The Morgan fingerprint density at radius 1 is 0.871 bits per heavy atom. The summed E-state index contributed by atoms with van der Waals surface area (Å²) in [5.41, 5.74) is 0.877. The Hall–Kier alpha value is -3.75. The van der Waals surface area contributed by atoms with Crippen LogP contribution < -0.4 is 36.0 Å². The minimum absolute atomic E-state index is 0.0748. The Morgan fingerprint density at radius 2 is 1.48 bits per heavy atom. The van der Waals surface area contributed by atoms with Crippen LogP contribution in [0.25, 0.3) is 12.2 Å². The molecule has 0 aliphatic rings. The van der Waals surface area contributed by atoms with E-state index in [0.29, 0.717) is 28.5 Å². The van der Waals surface area contributed by atoms with Gasteiger partial charge >= 0.3 is 0 Å². The number of ether oxygens (including phenoxy) is 3. The van der Waals surface area contributed by atoms with E-state index in [1.807, 2.05) is 20.8 Å². The summed E-state index contributed by atoms with van der Waals surface area (Å²) in [6, 6.07) is 3.39. The molecule has 0 saturated heterocycles. The lowest BCUT2D eigenvalue weighted by Crippen LogP contribution is -2.46. The van der Waals surface area contributed by atoms with Crippen molar-refractivity contribution in [1.29, 1.82) is 0 Å². The molecule has 2 aromatic heterocycles. The molecule has 0 saturated carbocycles. The Labute approximate surface area is 178 Å². The first-order valence-electron chi connectivity index (χ1n) is 9.58. The summed E-state index contributed by atoms with van der Waals surface area (Å²) in [6.45, 7) is 6.08. The molecule has 0 spiro atoms. The third-order valence-corrected chi connectivity index (χ3v) is 4.72. The number of imidazole rings is 1. The molecular weight excluding hydrogens is 400 g/mol. The first-order valence-corrected chi connectivity index (χ1v) is 9.58. The molecule has 0 radical (unpaired) electrons. The van der Waals surface area contributed by atoms with Crippen LogP contribution in [0.5, 0.6) is 17.2 Å². The van der Waals surface area contributed by atoms with Crippen LogP contribution in [0.3, 0.4) is 0 Å². The van der Waals surface area contributed by atoms with Gasteiger partial charge in [-0.3, -0.25) is 9.59 Å². The number of hydrogen-bond acceptors (Lipinski definition) is 6. The summed E-state index contributed by atoms with van der Waals surface area (Å²) in [6.07, 6.45) is 4.63. The van der Waals surface area contributed by atoms with E-state index in [1.54, 1.807) is 24.5 Å². The van der Waals surface area contributed by atoms with Crippen molar-refractivity contribution in [3.63, 3.8) is 0 Å². The molecule has 0 fully saturated rings. The lowest BCUT2D eigenvalue weighted by atomic mass is 9.90. The van der Waals surface area contributed by atoms with Gasteiger partial charge in [-0.05, 0) is 24.3 Å². The lowest BCUT2D eigenvalue weighted by Gasteiger charge is -2.16. The molecular formula is C22H26N4O5. The van der Waals surface area contributed by atoms with Crippen molar-refractivity contribution >= 4 is 12.2 Å². The predicted octanol–water partition coefficient (Wildman–Crippen LogP) is 0.767. The van der Waals surface area contributed by atoms with Crippen molar-refractivity contribution in [2.24, 2.45) is 0 Å². The first kappa shape index (κ1) is 21.9. The van der Waals surface area contributed by atoms with Crippen LogP contribution in [0.15, 0.2) is 28.0 Å². The number of nitrogens with zero attached hydrogens (tertiary/aromatic N) is 1. The molecule has 9 nitrogen and oxygen atoms in total. The molecule has 2 heterocycles. The molecule has 0 unspecified atom stereocenters. The number of H-pyrrole nitrogens is 3. The van der Waals surface area contributed by atoms with Crippen molar-refractivity contribution in [2.45, 2.75) is 26.2 Å². The van der Waals surface area contributed by atoms with Crippen molar-refractivity contribution in [1.82, 2.24) is 19.9 Å². The Morgan fingerprint density at radius 3 is 2.03 bits per heavy atom. The van der Waals surface area contributed by atoms with E-state index in [9.17, 15) is 9.59 Å². The summed E-state index contributed by atoms with van der Waals surface area (Å²) in [7, 11) is 4.49. The molecule has 3 aromatic rings. The summed E-state index contributed by atoms with van der Waals surface area (Å²) in [5.74, 6) is 1.25. The van der Waals surface area contributed by atoms with Crippen LogP contribution in [0.2, 0.25) is 0 Å². The molecule has 164 valence electrons. The molecule has 9 heteroatoms. The highest BCUT2D eigenvalue weighted by Gasteiger charge is 2.19. The van der Waals surface area contributed by atoms with Gasteiger partial charge < -0.3 is 29.2 Å². The van der Waals surface area contributed by atoms with Gasteiger partial charge in [-0.25, -0.2) is 4.98 Å². The molecule has 0 aliphatic heterocycles. The highest BCUT2D eigenvalue weighted by molar-refractivity contribution is 5.66. The van der Waals surface area contributed by atoms with E-state index in [2.05, 4.69) is 19.9 Å². The maximum atomic E-state index is 12.7. The maximum Gasteiger partial charge on any atom is 0.272 e. The lowest BCUT2D eigenvalue weighted by molar-refractivity contribution is 0.324. The normalized spacial score (nSPS) is 12.8. The van der Waals surface area contributed by atoms with Gasteiger partial charge in [0, 0.05) is 16.7 Å². The second kappa shape index (κ2) is 8.55. The topological polar surface area (TPSA) is 122 Å². The van der Waals surface area contributed by atoms with Crippen LogP contribution in [-0.4, -0.2) is 41.3 Å². The molecule has 0 amide bonds. The zero-order valence-corrected chi connectivity index (χ0v) is 18.4. The van der Waals surface area contributed by atoms with Crippen LogP contribution in [0, 0.1) is 0 Å². The fourth-order valence-corrected chi connectivity index (χ4v) is 3.24. The van der Waals surface area contributed by atoms with E-state index < -0.39 is 11.1 Å². The Kier molecular flexibility index (Phi) is 6.05. The van der Waals surface area contributed by atoms with Crippen molar-refractivity contribution in [2.75, 3.05) is 21.3 Å². The van der Waals surface area contributed by atoms with E-state index in [-0.39, 0.29) is 16.1 Å². The fourth-order valence-electron chi connectivity index (χ4n) is 3.24. The van der Waals surface area contributed by atoms with Gasteiger partial charge in [0.2, 0.25) is 5.75 Å². The van der Waals surface area contributed by atoms with Crippen LogP contribution >= 0.6 is 0 Å². The number of benzene rings is 1. The molecule has 31 heavy (non-hydrogen) atoms. The average molecular weight is 426 g/mol. The fraction of sp³-hybridized carbons (Fsp3) is 0.318. The number of aromatic amines is 3. The first-order chi connectivity index (χ1) is 14.7. The van der Waals surface area contributed by atoms with Crippen molar-refractivity contribution < 1.29 is 14.2 Å². The third-order valence-electron chi connectivity index (χ3n) is 4.72. The van der Waals surface area contributed by atoms with Crippen molar-refractivity contribution in [3.8, 4) is 17.2 Å². The quantitative estimate of drug-likeness (QED) is 0.554. The smallest absolute Gasteiger partial charge is 0.272 e. The number of aromatic nitrogens is 4. The second-order valence-corrected chi connectivity index (χ2v) is 7.86.